The highest BCUT2D eigenvalue weighted by Crippen LogP contribution is 2.30. The molecular weight excluding hydrogens is 236 g/mol. The summed E-state index contributed by atoms with van der Waals surface area (Å²) in [4.78, 5) is 4.76. The number of nitrogens with one attached hydrogen (secondary N) is 1. The number of hydrogen-bond donors (Lipinski definition) is 1. The first-order valence-electron chi connectivity index (χ1n) is 7.03. The molecule has 1 aromatic carbocycles. The summed E-state index contributed by atoms with van der Waals surface area (Å²) < 4.78 is 5.81. The summed E-state index contributed by atoms with van der Waals surface area (Å²) in [5.41, 5.74) is 3.20. The molecule has 3 nitrogen and oxygen atoms in total. The molecule has 2 aromatic rings. The van der Waals surface area contributed by atoms with Gasteiger partial charge in [0.1, 0.15) is 11.3 Å². The highest BCUT2D eigenvalue weighted by atomic mass is 16.5. The molecule has 0 aliphatic heterocycles. The maximum atomic E-state index is 5.81. The molecule has 0 fully saturated rings. The van der Waals surface area contributed by atoms with Gasteiger partial charge in [-0.1, -0.05) is 32.4 Å². The summed E-state index contributed by atoms with van der Waals surface area (Å²) in [5, 5.41) is 4.38. The fourth-order valence-electron chi connectivity index (χ4n) is 2.19. The lowest BCUT2D eigenvalue weighted by Gasteiger charge is -2.12. The molecule has 0 amide bonds. The zero-order valence-corrected chi connectivity index (χ0v) is 12.0. The van der Waals surface area contributed by atoms with Gasteiger partial charge in [0.15, 0.2) is 0 Å². The summed E-state index contributed by atoms with van der Waals surface area (Å²) in [6, 6.07) is 8.24. The van der Waals surface area contributed by atoms with Crippen molar-refractivity contribution in [3.8, 4) is 5.75 Å². The Morgan fingerprint density at radius 1 is 1.21 bits per heavy atom. The van der Waals surface area contributed by atoms with E-state index in [1.165, 1.54) is 0 Å². The Morgan fingerprint density at radius 2 is 2.05 bits per heavy atom. The topological polar surface area (TPSA) is 34.1 Å². The van der Waals surface area contributed by atoms with Gasteiger partial charge in [-0.15, -0.1) is 0 Å². The van der Waals surface area contributed by atoms with Gasteiger partial charge in [-0.2, -0.15) is 0 Å². The van der Waals surface area contributed by atoms with Crippen LogP contribution < -0.4 is 10.1 Å². The summed E-state index contributed by atoms with van der Waals surface area (Å²) in [6.45, 7) is 5.01. The molecule has 3 heteroatoms. The van der Waals surface area contributed by atoms with E-state index in [2.05, 4.69) is 31.3 Å². The maximum absolute atomic E-state index is 5.81. The second-order valence-electron chi connectivity index (χ2n) is 4.66. The minimum atomic E-state index is 0.730. The minimum Gasteiger partial charge on any atom is -0.491 e. The van der Waals surface area contributed by atoms with Crippen molar-refractivity contribution in [2.45, 2.75) is 33.1 Å². The van der Waals surface area contributed by atoms with E-state index in [9.17, 15) is 0 Å². The van der Waals surface area contributed by atoms with Crippen molar-refractivity contribution in [1.82, 2.24) is 4.98 Å². The van der Waals surface area contributed by atoms with E-state index >= 15 is 0 Å². The van der Waals surface area contributed by atoms with E-state index < -0.39 is 0 Å². The van der Waals surface area contributed by atoms with E-state index in [0.29, 0.717) is 0 Å². The van der Waals surface area contributed by atoms with Crippen LogP contribution in [0.2, 0.25) is 0 Å². The fourth-order valence-corrected chi connectivity index (χ4v) is 2.19. The molecule has 1 aromatic heterocycles. The molecule has 102 valence electrons. The standard InChI is InChI=1S/C16H22N2O/c1-4-7-12-11-14(17-3)13-8-6-9-15(16(13)18-12)19-10-5-2/h6,8-9,11H,4-5,7,10H2,1-3H3,(H,17,18). The number of hydrogen-bond acceptors (Lipinski definition) is 3. The van der Waals surface area contributed by atoms with Gasteiger partial charge in [0.2, 0.25) is 0 Å². The number of rotatable bonds is 6. The molecule has 0 atom stereocenters. The van der Waals surface area contributed by atoms with Gasteiger partial charge < -0.3 is 10.1 Å². The molecule has 0 saturated carbocycles. The van der Waals surface area contributed by atoms with Crippen LogP contribution >= 0.6 is 0 Å². The minimum absolute atomic E-state index is 0.730. The van der Waals surface area contributed by atoms with Crippen molar-refractivity contribution in [1.29, 1.82) is 0 Å². The second-order valence-corrected chi connectivity index (χ2v) is 4.66. The third-order valence-electron chi connectivity index (χ3n) is 3.09. The Bertz CT molecular complexity index is 552. The first kappa shape index (κ1) is 13.7. The van der Waals surface area contributed by atoms with Crippen molar-refractivity contribution >= 4 is 16.6 Å². The Hall–Kier alpha value is -1.77. The lowest BCUT2D eigenvalue weighted by atomic mass is 10.1. The monoisotopic (exact) mass is 258 g/mol. The molecule has 0 bridgehead atoms. The summed E-state index contributed by atoms with van der Waals surface area (Å²) in [7, 11) is 1.95. The number of pyridine rings is 1. The highest BCUT2D eigenvalue weighted by molar-refractivity contribution is 5.95. The average molecular weight is 258 g/mol. The van der Waals surface area contributed by atoms with Gasteiger partial charge in [-0.05, 0) is 25.0 Å². The third-order valence-corrected chi connectivity index (χ3v) is 3.09. The van der Waals surface area contributed by atoms with Crippen LogP contribution in [0, 0.1) is 0 Å². The smallest absolute Gasteiger partial charge is 0.145 e. The van der Waals surface area contributed by atoms with Gasteiger partial charge in [0, 0.05) is 23.8 Å². The van der Waals surface area contributed by atoms with Crippen LogP contribution in [0.25, 0.3) is 10.9 Å². The predicted molar refractivity (Wildman–Crippen MR) is 81.1 cm³/mol. The van der Waals surface area contributed by atoms with Gasteiger partial charge in [0.25, 0.3) is 0 Å². The van der Waals surface area contributed by atoms with Crippen molar-refractivity contribution in [2.75, 3.05) is 19.0 Å². The summed E-state index contributed by atoms with van der Waals surface area (Å²) in [5.74, 6) is 0.883. The van der Waals surface area contributed by atoms with E-state index in [1.807, 2.05) is 19.2 Å². The normalized spacial score (nSPS) is 10.7. The molecule has 1 N–H and O–H groups in total. The van der Waals surface area contributed by atoms with E-state index in [4.69, 9.17) is 9.72 Å². The summed E-state index contributed by atoms with van der Waals surface area (Å²) in [6.07, 6.45) is 3.09. The first-order chi connectivity index (χ1) is 9.30. The Kier molecular flexibility index (Phi) is 4.61. The van der Waals surface area contributed by atoms with E-state index in [1.54, 1.807) is 0 Å². The quantitative estimate of drug-likeness (QED) is 0.849. The molecule has 1 heterocycles. The third kappa shape index (κ3) is 2.98. The molecule has 0 spiro atoms. The number of aryl methyl sites for hydroxylation is 1. The van der Waals surface area contributed by atoms with Crippen molar-refractivity contribution in [3.63, 3.8) is 0 Å². The molecule has 0 unspecified atom stereocenters. The predicted octanol–water partition coefficient (Wildman–Crippen LogP) is 4.02. The number of ether oxygens (including phenoxy) is 1. The molecule has 2 rings (SSSR count). The highest BCUT2D eigenvalue weighted by Gasteiger charge is 2.09. The van der Waals surface area contributed by atoms with Crippen LogP contribution in [0.4, 0.5) is 5.69 Å². The molecule has 19 heavy (non-hydrogen) atoms. The van der Waals surface area contributed by atoms with Crippen molar-refractivity contribution < 1.29 is 4.74 Å². The molecule has 0 aliphatic rings. The van der Waals surface area contributed by atoms with Crippen molar-refractivity contribution in [2.24, 2.45) is 0 Å². The van der Waals surface area contributed by atoms with Crippen LogP contribution in [0.5, 0.6) is 5.75 Å². The Balaban J connectivity index is 2.54. The zero-order valence-electron chi connectivity index (χ0n) is 12.0. The Labute approximate surface area is 115 Å². The SMILES string of the molecule is CCCOc1cccc2c(NC)cc(CCC)nc12. The number of benzene rings is 1. The fraction of sp³-hybridized carbons (Fsp3) is 0.438. The molecular formula is C16H22N2O. The molecule has 0 aliphatic carbocycles. The molecule has 0 radical (unpaired) electrons. The lowest BCUT2D eigenvalue weighted by molar-refractivity contribution is 0.320. The number of aromatic nitrogens is 1. The van der Waals surface area contributed by atoms with Gasteiger partial charge >= 0.3 is 0 Å². The van der Waals surface area contributed by atoms with Crippen LogP contribution in [0.1, 0.15) is 32.4 Å². The van der Waals surface area contributed by atoms with E-state index in [-0.39, 0.29) is 0 Å². The average Bonchev–Trinajstić information content (AvgIpc) is 2.44. The maximum Gasteiger partial charge on any atom is 0.145 e. The van der Waals surface area contributed by atoms with Crippen LogP contribution in [-0.2, 0) is 6.42 Å². The van der Waals surface area contributed by atoms with Gasteiger partial charge in [0.05, 0.1) is 6.61 Å². The summed E-state index contributed by atoms with van der Waals surface area (Å²) >= 11 is 0. The van der Waals surface area contributed by atoms with Crippen LogP contribution in [0.15, 0.2) is 24.3 Å². The van der Waals surface area contributed by atoms with E-state index in [0.717, 1.165) is 53.9 Å². The van der Waals surface area contributed by atoms with Gasteiger partial charge in [-0.25, -0.2) is 4.98 Å². The number of para-hydroxylation sites is 1. The number of fused-ring (bicyclic) bond motifs is 1. The largest absolute Gasteiger partial charge is 0.491 e. The van der Waals surface area contributed by atoms with Crippen LogP contribution in [-0.4, -0.2) is 18.6 Å². The first-order valence-corrected chi connectivity index (χ1v) is 7.03. The second kappa shape index (κ2) is 6.41. The van der Waals surface area contributed by atoms with Crippen molar-refractivity contribution in [3.05, 3.63) is 30.0 Å². The number of anilines is 1. The Morgan fingerprint density at radius 3 is 2.74 bits per heavy atom. The number of nitrogens with zero attached hydrogens (tertiary/aromatic N) is 1. The molecule has 0 saturated heterocycles. The lowest BCUT2D eigenvalue weighted by Crippen LogP contribution is -2.00. The van der Waals surface area contributed by atoms with Crippen LogP contribution in [0.3, 0.4) is 0 Å². The van der Waals surface area contributed by atoms with Gasteiger partial charge in [-0.3, -0.25) is 0 Å². The zero-order chi connectivity index (χ0) is 13.7.